The maximum atomic E-state index is 13.4. The van der Waals surface area contributed by atoms with E-state index in [1.807, 2.05) is 42.5 Å². The molecule has 0 spiro atoms. The van der Waals surface area contributed by atoms with E-state index in [1.54, 1.807) is 18.2 Å². The first-order chi connectivity index (χ1) is 19.2. The van der Waals surface area contributed by atoms with Crippen molar-refractivity contribution in [2.45, 2.75) is 13.2 Å². The third-order valence-corrected chi connectivity index (χ3v) is 7.33. The zero-order valence-corrected chi connectivity index (χ0v) is 23.1. The molecule has 2 N–H and O–H groups in total. The van der Waals surface area contributed by atoms with Gasteiger partial charge in [-0.25, -0.2) is 22.8 Å². The molecular formula is C29H26ClFN4O4S. The summed E-state index contributed by atoms with van der Waals surface area (Å²) in [5.74, 6) is 2.09. The van der Waals surface area contributed by atoms with Crippen LogP contribution in [0.4, 0.5) is 15.9 Å². The van der Waals surface area contributed by atoms with Crippen molar-refractivity contribution in [1.29, 1.82) is 0 Å². The summed E-state index contributed by atoms with van der Waals surface area (Å²) in [5, 5.41) is 7.68. The fourth-order valence-electron chi connectivity index (χ4n) is 4.00. The van der Waals surface area contributed by atoms with Gasteiger partial charge in [0.15, 0.2) is 0 Å². The number of hydrogen-bond donors (Lipinski definition) is 2. The van der Waals surface area contributed by atoms with Crippen molar-refractivity contribution < 1.29 is 22.0 Å². The van der Waals surface area contributed by atoms with Gasteiger partial charge in [-0.2, -0.15) is 0 Å². The van der Waals surface area contributed by atoms with Crippen LogP contribution >= 0.6 is 11.6 Å². The van der Waals surface area contributed by atoms with Gasteiger partial charge < -0.3 is 19.8 Å². The minimum Gasteiger partial charge on any atom is -0.489 e. The average molecular weight is 581 g/mol. The molecule has 0 saturated heterocycles. The van der Waals surface area contributed by atoms with Gasteiger partial charge in [-0.1, -0.05) is 23.7 Å². The highest BCUT2D eigenvalue weighted by molar-refractivity contribution is 7.90. The Morgan fingerprint density at radius 3 is 2.70 bits per heavy atom. The van der Waals surface area contributed by atoms with E-state index < -0.39 is 9.84 Å². The molecule has 0 bridgehead atoms. The first-order valence-corrected chi connectivity index (χ1v) is 14.8. The van der Waals surface area contributed by atoms with E-state index in [0.717, 1.165) is 27.7 Å². The minimum absolute atomic E-state index is 0.0671. The quantitative estimate of drug-likeness (QED) is 0.179. The summed E-state index contributed by atoms with van der Waals surface area (Å²) in [6.45, 7) is 0.964. The number of sulfone groups is 1. The molecule has 5 rings (SSSR count). The Hall–Kier alpha value is -3.99. The summed E-state index contributed by atoms with van der Waals surface area (Å²) in [6, 6.07) is 20.9. The molecule has 40 heavy (non-hydrogen) atoms. The molecule has 0 atom stereocenters. The second kappa shape index (κ2) is 12.0. The number of benzene rings is 3. The third kappa shape index (κ3) is 7.15. The summed E-state index contributed by atoms with van der Waals surface area (Å²) < 4.78 is 47.6. The number of aromatic nitrogens is 2. The van der Waals surface area contributed by atoms with E-state index in [1.165, 1.54) is 24.7 Å². The first-order valence-electron chi connectivity index (χ1n) is 12.4. The molecule has 5 aromatic rings. The fourth-order valence-corrected chi connectivity index (χ4v) is 4.75. The Bertz CT molecular complexity index is 1760. The fraction of sp³-hybridized carbons (Fsp3) is 0.172. The van der Waals surface area contributed by atoms with Gasteiger partial charge in [-0.05, 0) is 54.6 Å². The van der Waals surface area contributed by atoms with Crippen molar-refractivity contribution in [2.24, 2.45) is 0 Å². The van der Waals surface area contributed by atoms with E-state index in [2.05, 4.69) is 20.6 Å². The number of nitrogens with one attached hydrogen (secondary N) is 2. The Kier molecular flexibility index (Phi) is 8.29. The number of halogens is 2. The van der Waals surface area contributed by atoms with Crippen molar-refractivity contribution >= 4 is 43.8 Å². The largest absolute Gasteiger partial charge is 0.489 e. The Morgan fingerprint density at radius 2 is 1.90 bits per heavy atom. The van der Waals surface area contributed by atoms with Gasteiger partial charge in [-0.15, -0.1) is 0 Å². The van der Waals surface area contributed by atoms with Crippen molar-refractivity contribution in [1.82, 2.24) is 15.3 Å². The molecule has 8 nitrogen and oxygen atoms in total. The number of nitrogens with zero attached hydrogens (tertiary/aromatic N) is 2. The van der Waals surface area contributed by atoms with Crippen LogP contribution in [-0.4, -0.2) is 36.9 Å². The van der Waals surface area contributed by atoms with Crippen LogP contribution in [0.5, 0.6) is 5.75 Å². The van der Waals surface area contributed by atoms with Crippen LogP contribution in [0.3, 0.4) is 0 Å². The van der Waals surface area contributed by atoms with Gasteiger partial charge in [0.1, 0.15) is 51.7 Å². The van der Waals surface area contributed by atoms with E-state index >= 15 is 0 Å². The van der Waals surface area contributed by atoms with Crippen LogP contribution in [0.15, 0.2) is 83.5 Å². The molecule has 0 fully saturated rings. The first kappa shape index (κ1) is 27.6. The van der Waals surface area contributed by atoms with Gasteiger partial charge in [0.05, 0.1) is 17.8 Å². The van der Waals surface area contributed by atoms with Crippen molar-refractivity contribution in [3.05, 3.63) is 101 Å². The number of rotatable bonds is 11. The van der Waals surface area contributed by atoms with Crippen LogP contribution in [0, 0.1) is 5.82 Å². The highest BCUT2D eigenvalue weighted by atomic mass is 35.5. The van der Waals surface area contributed by atoms with Gasteiger partial charge >= 0.3 is 0 Å². The van der Waals surface area contributed by atoms with Crippen molar-refractivity contribution in [3.63, 3.8) is 0 Å². The number of ether oxygens (including phenoxy) is 1. The summed E-state index contributed by atoms with van der Waals surface area (Å²) >= 11 is 6.51. The van der Waals surface area contributed by atoms with Gasteiger partial charge in [0.25, 0.3) is 0 Å². The number of furan rings is 1. The van der Waals surface area contributed by atoms with E-state index in [4.69, 9.17) is 20.8 Å². The van der Waals surface area contributed by atoms with E-state index in [-0.39, 0.29) is 18.2 Å². The minimum atomic E-state index is -3.02. The van der Waals surface area contributed by atoms with Crippen molar-refractivity contribution in [2.75, 3.05) is 23.9 Å². The molecule has 0 aliphatic carbocycles. The SMILES string of the molecule is CS(=O)(=O)CCNCc1ccc(-c2ccc3ncnc(Nc4ccc(COc5cccc(F)c5)c(Cl)c4)c3c2)o1. The number of anilines is 2. The highest BCUT2D eigenvalue weighted by Gasteiger charge is 2.11. The van der Waals surface area contributed by atoms with E-state index in [9.17, 15) is 12.8 Å². The zero-order valence-electron chi connectivity index (χ0n) is 21.5. The predicted molar refractivity (Wildman–Crippen MR) is 154 cm³/mol. The molecule has 0 aliphatic rings. The molecule has 2 heterocycles. The average Bonchev–Trinajstić information content (AvgIpc) is 3.39. The van der Waals surface area contributed by atoms with Gasteiger partial charge in [0.2, 0.25) is 0 Å². The lowest BCUT2D eigenvalue weighted by molar-refractivity contribution is 0.304. The van der Waals surface area contributed by atoms with E-state index in [0.29, 0.717) is 41.2 Å². The smallest absolute Gasteiger partial charge is 0.148 e. The third-order valence-electron chi connectivity index (χ3n) is 6.04. The molecule has 2 aromatic heterocycles. The molecule has 0 aliphatic heterocycles. The number of hydrogen-bond acceptors (Lipinski definition) is 8. The molecule has 0 saturated carbocycles. The summed E-state index contributed by atoms with van der Waals surface area (Å²) in [6.07, 6.45) is 2.70. The topological polar surface area (TPSA) is 106 Å². The van der Waals surface area contributed by atoms with Gasteiger partial charge in [0, 0.05) is 46.1 Å². The standard InChI is InChI=1S/C29H26ClFN4O4S/c1-40(36,37)12-11-32-16-24-8-10-28(39-24)19-6-9-27-25(13-19)29(34-18-33-27)35-22-7-5-20(26(30)15-22)17-38-23-4-2-3-21(31)14-23/h2-10,13-15,18,32H,11-12,16-17H2,1H3,(H,33,34,35). The maximum Gasteiger partial charge on any atom is 0.148 e. The summed E-state index contributed by atoms with van der Waals surface area (Å²) in [7, 11) is -3.02. The molecular weight excluding hydrogens is 555 g/mol. The second-order valence-corrected chi connectivity index (χ2v) is 11.9. The maximum absolute atomic E-state index is 13.4. The second-order valence-electron chi connectivity index (χ2n) is 9.20. The van der Waals surface area contributed by atoms with Crippen LogP contribution in [0.25, 0.3) is 22.2 Å². The van der Waals surface area contributed by atoms with Crippen LogP contribution in [0.1, 0.15) is 11.3 Å². The number of fused-ring (bicyclic) bond motifs is 1. The molecule has 206 valence electrons. The lowest BCUT2D eigenvalue weighted by Gasteiger charge is -2.12. The van der Waals surface area contributed by atoms with Crippen LogP contribution in [0.2, 0.25) is 5.02 Å². The van der Waals surface area contributed by atoms with Gasteiger partial charge in [-0.3, -0.25) is 0 Å². The lowest BCUT2D eigenvalue weighted by atomic mass is 10.1. The summed E-state index contributed by atoms with van der Waals surface area (Å²) in [4.78, 5) is 8.81. The van der Waals surface area contributed by atoms with Crippen molar-refractivity contribution in [3.8, 4) is 17.1 Å². The molecule has 0 radical (unpaired) electrons. The lowest BCUT2D eigenvalue weighted by Crippen LogP contribution is -2.21. The zero-order chi connectivity index (χ0) is 28.1. The monoisotopic (exact) mass is 580 g/mol. The molecule has 0 unspecified atom stereocenters. The molecule has 0 amide bonds. The Morgan fingerprint density at radius 1 is 1.02 bits per heavy atom. The Balaban J connectivity index is 1.29. The Labute approximate surface area is 236 Å². The highest BCUT2D eigenvalue weighted by Crippen LogP contribution is 2.31. The normalized spacial score (nSPS) is 11.6. The summed E-state index contributed by atoms with van der Waals surface area (Å²) in [5.41, 5.74) is 3.08. The molecule has 11 heteroatoms. The predicted octanol–water partition coefficient (Wildman–Crippen LogP) is 6.14. The van der Waals surface area contributed by atoms with Crippen LogP contribution in [-0.2, 0) is 23.0 Å². The van der Waals surface area contributed by atoms with Crippen LogP contribution < -0.4 is 15.4 Å². The molecule has 3 aromatic carbocycles.